The number of unbranched alkanes of at least 4 members (excludes halogenated alkanes) is 3. The minimum Gasteiger partial charge on any atom is -0.360 e. The van der Waals surface area contributed by atoms with Crippen molar-refractivity contribution in [1.82, 2.24) is 10.1 Å². The highest BCUT2D eigenvalue weighted by Crippen LogP contribution is 2.14. The van der Waals surface area contributed by atoms with E-state index >= 15 is 0 Å². The molecule has 0 bridgehead atoms. The second kappa shape index (κ2) is 10.1. The van der Waals surface area contributed by atoms with E-state index in [0.29, 0.717) is 23.7 Å². The Morgan fingerprint density at radius 1 is 1.19 bits per heavy atom. The number of aromatic nitrogens is 1. The third kappa shape index (κ3) is 6.29. The Labute approximate surface area is 162 Å². The van der Waals surface area contributed by atoms with Crippen molar-refractivity contribution in [3.05, 3.63) is 46.1 Å². The number of nitrogens with one attached hydrogen (secondary N) is 1. The lowest BCUT2D eigenvalue weighted by Crippen LogP contribution is -2.38. The van der Waals surface area contributed by atoms with E-state index in [1.54, 1.807) is 30.0 Å². The smallest absolute Gasteiger partial charge is 0.254 e. The number of aryl methyl sites for hydroxylation is 1. The van der Waals surface area contributed by atoms with Crippen LogP contribution in [0.5, 0.6) is 0 Å². The first-order valence-electron chi connectivity index (χ1n) is 8.77. The van der Waals surface area contributed by atoms with Gasteiger partial charge in [-0.05, 0) is 37.6 Å². The topological polar surface area (TPSA) is 75.4 Å². The molecule has 0 unspecified atom stereocenters. The fourth-order valence-electron chi connectivity index (χ4n) is 2.54. The van der Waals surface area contributed by atoms with Gasteiger partial charge in [-0.3, -0.25) is 9.59 Å². The summed E-state index contributed by atoms with van der Waals surface area (Å²) < 4.78 is 5.85. The minimum absolute atomic E-state index is 0.0209. The summed E-state index contributed by atoms with van der Waals surface area (Å²) >= 11 is 3.37. The maximum Gasteiger partial charge on any atom is 0.254 e. The van der Waals surface area contributed by atoms with Gasteiger partial charge in [-0.1, -0.05) is 47.3 Å². The monoisotopic (exact) mass is 421 g/mol. The molecule has 0 aliphatic heterocycles. The van der Waals surface area contributed by atoms with E-state index in [2.05, 4.69) is 33.3 Å². The van der Waals surface area contributed by atoms with Crippen LogP contribution in [0.2, 0.25) is 0 Å². The van der Waals surface area contributed by atoms with Crippen molar-refractivity contribution < 1.29 is 14.1 Å². The van der Waals surface area contributed by atoms with Crippen LogP contribution in [-0.2, 0) is 4.79 Å². The first-order valence-corrected chi connectivity index (χ1v) is 9.57. The average Bonchev–Trinajstić information content (AvgIpc) is 3.02. The van der Waals surface area contributed by atoms with Gasteiger partial charge in [-0.2, -0.15) is 0 Å². The van der Waals surface area contributed by atoms with Gasteiger partial charge in [-0.25, -0.2) is 0 Å². The zero-order valence-corrected chi connectivity index (χ0v) is 16.7. The molecule has 1 aromatic heterocycles. The predicted molar refractivity (Wildman–Crippen MR) is 104 cm³/mol. The molecular formula is C19H24BrN3O3. The number of halogens is 1. The third-order valence-corrected chi connectivity index (χ3v) is 4.42. The normalized spacial score (nSPS) is 10.6. The number of carbonyl (C=O) groups is 2. The van der Waals surface area contributed by atoms with Gasteiger partial charge in [0.1, 0.15) is 12.3 Å². The first kappa shape index (κ1) is 20.2. The maximum atomic E-state index is 12.8. The van der Waals surface area contributed by atoms with Crippen LogP contribution in [-0.4, -0.2) is 35.0 Å². The first-order chi connectivity index (χ1) is 12.5. The summed E-state index contributed by atoms with van der Waals surface area (Å²) in [5.74, 6) is 0.525. The Morgan fingerprint density at radius 3 is 2.54 bits per heavy atom. The minimum atomic E-state index is -0.292. The molecule has 0 fully saturated rings. The van der Waals surface area contributed by atoms with E-state index in [4.69, 9.17) is 4.52 Å². The van der Waals surface area contributed by atoms with E-state index in [9.17, 15) is 9.59 Å². The molecule has 7 heteroatoms. The van der Waals surface area contributed by atoms with E-state index in [-0.39, 0.29) is 18.4 Å². The number of carbonyl (C=O) groups excluding carboxylic acids is 2. The molecule has 6 nitrogen and oxygen atoms in total. The van der Waals surface area contributed by atoms with E-state index in [1.165, 1.54) is 0 Å². The summed E-state index contributed by atoms with van der Waals surface area (Å²) in [4.78, 5) is 26.7. The van der Waals surface area contributed by atoms with Crippen LogP contribution >= 0.6 is 15.9 Å². The van der Waals surface area contributed by atoms with Crippen molar-refractivity contribution in [3.8, 4) is 0 Å². The van der Waals surface area contributed by atoms with Gasteiger partial charge in [0.25, 0.3) is 5.91 Å². The summed E-state index contributed by atoms with van der Waals surface area (Å²) in [6.07, 6.45) is 4.13. The van der Waals surface area contributed by atoms with Crippen LogP contribution in [0.4, 0.5) is 5.82 Å². The molecule has 0 atom stereocenters. The molecule has 2 amide bonds. The molecule has 2 aromatic rings. The highest BCUT2D eigenvalue weighted by Gasteiger charge is 2.19. The SMILES string of the molecule is CCCCCCN(CC(=O)Nc1cc(C)on1)C(=O)c1ccc(Br)cc1. The zero-order chi connectivity index (χ0) is 18.9. The highest BCUT2D eigenvalue weighted by atomic mass is 79.9. The molecule has 26 heavy (non-hydrogen) atoms. The van der Waals surface area contributed by atoms with E-state index < -0.39 is 0 Å². The Kier molecular flexibility index (Phi) is 7.84. The summed E-state index contributed by atoms with van der Waals surface area (Å²) in [7, 11) is 0. The number of hydrogen-bond donors (Lipinski definition) is 1. The van der Waals surface area contributed by atoms with E-state index in [1.807, 2.05) is 12.1 Å². The van der Waals surface area contributed by atoms with Crippen molar-refractivity contribution in [2.45, 2.75) is 39.5 Å². The molecule has 0 radical (unpaired) electrons. The second-order valence-corrected chi connectivity index (χ2v) is 7.08. The zero-order valence-electron chi connectivity index (χ0n) is 15.1. The van der Waals surface area contributed by atoms with Crippen molar-refractivity contribution >= 4 is 33.6 Å². The van der Waals surface area contributed by atoms with E-state index in [0.717, 1.165) is 30.2 Å². The average molecular weight is 422 g/mol. The summed E-state index contributed by atoms with van der Waals surface area (Å²) in [5, 5.41) is 6.41. The van der Waals surface area contributed by atoms with Crippen LogP contribution in [0.3, 0.4) is 0 Å². The highest BCUT2D eigenvalue weighted by molar-refractivity contribution is 9.10. The largest absolute Gasteiger partial charge is 0.360 e. The van der Waals surface area contributed by atoms with Gasteiger partial charge in [0, 0.05) is 22.6 Å². The summed E-state index contributed by atoms with van der Waals surface area (Å²) in [5.41, 5.74) is 0.564. The van der Waals surface area contributed by atoms with Crippen molar-refractivity contribution in [3.63, 3.8) is 0 Å². The Hall–Kier alpha value is -2.15. The van der Waals surface area contributed by atoms with Crippen molar-refractivity contribution in [2.75, 3.05) is 18.4 Å². The standard InChI is InChI=1S/C19H24BrN3O3/c1-3-4-5-6-11-23(19(25)15-7-9-16(20)10-8-15)13-18(24)21-17-12-14(2)26-22-17/h7-10,12H,3-6,11,13H2,1-2H3,(H,21,22,24). The maximum absolute atomic E-state index is 12.8. The summed E-state index contributed by atoms with van der Waals surface area (Å²) in [6, 6.07) is 8.79. The fraction of sp³-hybridized carbons (Fsp3) is 0.421. The van der Waals surface area contributed by atoms with Gasteiger partial charge in [0.2, 0.25) is 5.91 Å². The molecule has 1 N–H and O–H groups in total. The fourth-order valence-corrected chi connectivity index (χ4v) is 2.80. The molecule has 1 heterocycles. The van der Waals surface area contributed by atoms with Gasteiger partial charge < -0.3 is 14.7 Å². The van der Waals surface area contributed by atoms with Crippen LogP contribution < -0.4 is 5.32 Å². The molecule has 140 valence electrons. The molecule has 0 saturated heterocycles. The van der Waals surface area contributed by atoms with Gasteiger partial charge >= 0.3 is 0 Å². The van der Waals surface area contributed by atoms with Crippen LogP contribution in [0, 0.1) is 6.92 Å². The lowest BCUT2D eigenvalue weighted by molar-refractivity contribution is -0.117. The second-order valence-electron chi connectivity index (χ2n) is 6.17. The predicted octanol–water partition coefficient (Wildman–Crippen LogP) is 4.41. The molecule has 0 saturated carbocycles. The van der Waals surface area contributed by atoms with Crippen molar-refractivity contribution in [1.29, 1.82) is 0 Å². The van der Waals surface area contributed by atoms with Crippen LogP contribution in [0.1, 0.15) is 48.7 Å². The van der Waals surface area contributed by atoms with Crippen molar-refractivity contribution in [2.24, 2.45) is 0 Å². The number of amides is 2. The molecule has 0 aliphatic carbocycles. The number of nitrogens with zero attached hydrogens (tertiary/aromatic N) is 2. The Bertz CT molecular complexity index is 728. The Balaban J connectivity index is 2.02. The quantitative estimate of drug-likeness (QED) is 0.608. The molecular weight excluding hydrogens is 398 g/mol. The molecule has 0 aliphatic rings. The number of benzene rings is 1. The lowest BCUT2D eigenvalue weighted by Gasteiger charge is -2.22. The van der Waals surface area contributed by atoms with Gasteiger partial charge in [-0.15, -0.1) is 0 Å². The number of anilines is 1. The molecule has 0 spiro atoms. The lowest BCUT2D eigenvalue weighted by atomic mass is 10.1. The van der Waals surface area contributed by atoms with Gasteiger partial charge in [0.05, 0.1) is 0 Å². The Morgan fingerprint density at radius 2 is 1.92 bits per heavy atom. The van der Waals surface area contributed by atoms with Crippen LogP contribution in [0.25, 0.3) is 0 Å². The third-order valence-electron chi connectivity index (χ3n) is 3.89. The molecule has 1 aromatic carbocycles. The van der Waals surface area contributed by atoms with Gasteiger partial charge in [0.15, 0.2) is 5.82 Å². The van der Waals surface area contributed by atoms with Crippen LogP contribution in [0.15, 0.2) is 39.3 Å². The number of hydrogen-bond acceptors (Lipinski definition) is 4. The number of rotatable bonds is 9. The summed E-state index contributed by atoms with van der Waals surface area (Å²) in [6.45, 7) is 4.41. The molecule has 2 rings (SSSR count).